The number of fused-ring (bicyclic) bond motifs is 3. The average Bonchev–Trinajstić information content (AvgIpc) is 3.00. The van der Waals surface area contributed by atoms with Gasteiger partial charge < -0.3 is 9.15 Å². The predicted octanol–water partition coefficient (Wildman–Crippen LogP) is 6.52. The van der Waals surface area contributed by atoms with Crippen LogP contribution in [-0.2, 0) is 4.74 Å². The Morgan fingerprint density at radius 2 is 1.75 bits per heavy atom. The first-order valence-electron chi connectivity index (χ1n) is 7.62. The lowest BCUT2D eigenvalue weighted by atomic mass is 9.97. The van der Waals surface area contributed by atoms with Crippen molar-refractivity contribution < 1.29 is 9.15 Å². The molecule has 0 atom stereocenters. The van der Waals surface area contributed by atoms with Crippen molar-refractivity contribution in [2.75, 3.05) is 7.11 Å². The zero-order valence-corrected chi connectivity index (χ0v) is 13.9. The van der Waals surface area contributed by atoms with Crippen LogP contribution in [0.3, 0.4) is 0 Å². The van der Waals surface area contributed by atoms with Gasteiger partial charge in [-0.15, -0.1) is 0 Å². The Kier molecular flexibility index (Phi) is 3.55. The van der Waals surface area contributed by atoms with Crippen molar-refractivity contribution in [3.63, 3.8) is 0 Å². The van der Waals surface area contributed by atoms with Gasteiger partial charge in [0.05, 0.1) is 7.11 Å². The Hall–Kier alpha value is -2.71. The second-order valence-corrected chi connectivity index (χ2v) is 6.03. The fourth-order valence-corrected chi connectivity index (χ4v) is 3.22. The topological polar surface area (TPSA) is 22.4 Å². The van der Waals surface area contributed by atoms with E-state index in [1.165, 1.54) is 0 Å². The summed E-state index contributed by atoms with van der Waals surface area (Å²) in [7, 11) is 1.61. The van der Waals surface area contributed by atoms with Crippen LogP contribution in [0.1, 0.15) is 5.56 Å². The van der Waals surface area contributed by atoms with Crippen LogP contribution in [0.2, 0.25) is 5.02 Å². The summed E-state index contributed by atoms with van der Waals surface area (Å²) in [6.07, 6.45) is 0. The standard InChI is InChI=1S/C21H15ClO2/c1-13(23-2)19-12-14(22)10-11-15(19)17-7-5-8-18-16-6-3-4-9-20(16)24-21(17)18/h3-12H,1H2,2H3. The van der Waals surface area contributed by atoms with Gasteiger partial charge in [-0.25, -0.2) is 0 Å². The van der Waals surface area contributed by atoms with Crippen LogP contribution in [0.4, 0.5) is 0 Å². The molecule has 118 valence electrons. The first-order chi connectivity index (χ1) is 11.7. The number of methoxy groups -OCH3 is 1. The quantitative estimate of drug-likeness (QED) is 0.398. The normalized spacial score (nSPS) is 11.1. The van der Waals surface area contributed by atoms with Crippen molar-refractivity contribution in [3.05, 3.63) is 77.8 Å². The van der Waals surface area contributed by atoms with Gasteiger partial charge in [-0.3, -0.25) is 0 Å². The summed E-state index contributed by atoms with van der Waals surface area (Å²) in [5.74, 6) is 0.570. The third-order valence-electron chi connectivity index (χ3n) is 4.22. The van der Waals surface area contributed by atoms with E-state index in [0.717, 1.165) is 38.6 Å². The highest BCUT2D eigenvalue weighted by Crippen LogP contribution is 2.38. The molecule has 4 aromatic rings. The van der Waals surface area contributed by atoms with E-state index in [4.69, 9.17) is 20.8 Å². The van der Waals surface area contributed by atoms with E-state index in [1.807, 2.05) is 48.5 Å². The molecule has 0 saturated carbocycles. The zero-order valence-electron chi connectivity index (χ0n) is 13.2. The first kappa shape index (κ1) is 14.9. The Morgan fingerprint density at radius 1 is 0.958 bits per heavy atom. The van der Waals surface area contributed by atoms with E-state index in [-0.39, 0.29) is 0 Å². The van der Waals surface area contributed by atoms with Crippen molar-refractivity contribution in [2.45, 2.75) is 0 Å². The van der Waals surface area contributed by atoms with Crippen LogP contribution < -0.4 is 0 Å². The number of rotatable bonds is 3. The van der Waals surface area contributed by atoms with Gasteiger partial charge in [0.25, 0.3) is 0 Å². The van der Waals surface area contributed by atoms with Crippen LogP contribution in [0.5, 0.6) is 0 Å². The summed E-state index contributed by atoms with van der Waals surface area (Å²) in [6.45, 7) is 3.98. The fourth-order valence-electron chi connectivity index (χ4n) is 3.05. The SMILES string of the molecule is C=C(OC)c1cc(Cl)ccc1-c1cccc2c1oc1ccccc12. The number of furan rings is 1. The number of halogens is 1. The Labute approximate surface area is 144 Å². The molecule has 0 spiro atoms. The monoisotopic (exact) mass is 334 g/mol. The molecule has 2 nitrogen and oxygen atoms in total. The van der Waals surface area contributed by atoms with Crippen molar-refractivity contribution in [2.24, 2.45) is 0 Å². The molecule has 3 heteroatoms. The molecule has 0 aliphatic carbocycles. The van der Waals surface area contributed by atoms with Crippen molar-refractivity contribution in [1.82, 2.24) is 0 Å². The lowest BCUT2D eigenvalue weighted by Gasteiger charge is -2.12. The maximum atomic E-state index is 6.17. The smallest absolute Gasteiger partial charge is 0.143 e. The number of para-hydroxylation sites is 2. The summed E-state index contributed by atoms with van der Waals surface area (Å²) in [5, 5.41) is 2.84. The first-order valence-corrected chi connectivity index (χ1v) is 8.00. The Bertz CT molecular complexity index is 1080. The van der Waals surface area contributed by atoms with Crippen LogP contribution >= 0.6 is 11.6 Å². The molecule has 0 radical (unpaired) electrons. The lowest BCUT2D eigenvalue weighted by Crippen LogP contribution is -1.91. The second kappa shape index (κ2) is 5.73. The fraction of sp³-hybridized carbons (Fsp3) is 0.0476. The molecule has 1 heterocycles. The molecule has 0 aliphatic rings. The zero-order chi connectivity index (χ0) is 16.7. The second-order valence-electron chi connectivity index (χ2n) is 5.60. The van der Waals surface area contributed by atoms with Gasteiger partial charge in [-0.1, -0.05) is 60.6 Å². The minimum atomic E-state index is 0.570. The summed E-state index contributed by atoms with van der Waals surface area (Å²) >= 11 is 6.17. The predicted molar refractivity (Wildman–Crippen MR) is 100 cm³/mol. The van der Waals surface area contributed by atoms with Gasteiger partial charge in [0.15, 0.2) is 0 Å². The molecule has 0 N–H and O–H groups in total. The van der Waals surface area contributed by atoms with Gasteiger partial charge >= 0.3 is 0 Å². The molecule has 0 fully saturated rings. The third kappa shape index (κ3) is 2.27. The minimum absolute atomic E-state index is 0.570. The number of ether oxygens (including phenoxy) is 1. The summed E-state index contributed by atoms with van der Waals surface area (Å²) in [5.41, 5.74) is 4.56. The molecular formula is C21H15ClO2. The maximum Gasteiger partial charge on any atom is 0.143 e. The van der Waals surface area contributed by atoms with Gasteiger partial charge in [-0.05, 0) is 23.8 Å². The highest BCUT2D eigenvalue weighted by atomic mass is 35.5. The molecule has 24 heavy (non-hydrogen) atoms. The molecule has 0 saturated heterocycles. The van der Waals surface area contributed by atoms with E-state index >= 15 is 0 Å². The lowest BCUT2D eigenvalue weighted by molar-refractivity contribution is 0.371. The van der Waals surface area contributed by atoms with Crippen LogP contribution in [0.25, 0.3) is 38.8 Å². The van der Waals surface area contributed by atoms with Gasteiger partial charge in [-0.2, -0.15) is 0 Å². The van der Waals surface area contributed by atoms with Gasteiger partial charge in [0.2, 0.25) is 0 Å². The number of hydrogen-bond donors (Lipinski definition) is 0. The molecular weight excluding hydrogens is 320 g/mol. The van der Waals surface area contributed by atoms with Crippen molar-refractivity contribution >= 4 is 39.3 Å². The average molecular weight is 335 g/mol. The van der Waals surface area contributed by atoms with E-state index < -0.39 is 0 Å². The van der Waals surface area contributed by atoms with E-state index in [0.29, 0.717) is 10.8 Å². The highest BCUT2D eigenvalue weighted by Gasteiger charge is 2.16. The number of hydrogen-bond acceptors (Lipinski definition) is 2. The molecule has 3 aromatic carbocycles. The van der Waals surface area contributed by atoms with Crippen LogP contribution in [0.15, 0.2) is 71.7 Å². The van der Waals surface area contributed by atoms with Crippen LogP contribution in [-0.4, -0.2) is 7.11 Å². The summed E-state index contributed by atoms with van der Waals surface area (Å²) in [6, 6.07) is 19.9. The number of benzene rings is 3. The Balaban J connectivity index is 2.06. The van der Waals surface area contributed by atoms with E-state index in [1.54, 1.807) is 7.11 Å². The van der Waals surface area contributed by atoms with Gasteiger partial charge in [0.1, 0.15) is 16.9 Å². The molecule has 1 aromatic heterocycles. The third-order valence-corrected chi connectivity index (χ3v) is 4.46. The molecule has 0 unspecified atom stereocenters. The van der Waals surface area contributed by atoms with Crippen molar-refractivity contribution in [3.8, 4) is 11.1 Å². The summed E-state index contributed by atoms with van der Waals surface area (Å²) in [4.78, 5) is 0. The highest BCUT2D eigenvalue weighted by molar-refractivity contribution is 6.31. The minimum Gasteiger partial charge on any atom is -0.497 e. The molecule has 0 amide bonds. The van der Waals surface area contributed by atoms with Gasteiger partial charge in [0, 0.05) is 26.9 Å². The molecule has 4 rings (SSSR count). The van der Waals surface area contributed by atoms with Crippen molar-refractivity contribution in [1.29, 1.82) is 0 Å². The Morgan fingerprint density at radius 3 is 2.58 bits per heavy atom. The summed E-state index contributed by atoms with van der Waals surface area (Å²) < 4.78 is 11.5. The largest absolute Gasteiger partial charge is 0.497 e. The maximum absolute atomic E-state index is 6.17. The van der Waals surface area contributed by atoms with Crippen LogP contribution in [0, 0.1) is 0 Å². The van der Waals surface area contributed by atoms with E-state index in [9.17, 15) is 0 Å². The molecule has 0 aliphatic heterocycles. The van der Waals surface area contributed by atoms with E-state index in [2.05, 4.69) is 18.7 Å². The molecule has 0 bridgehead atoms.